The Kier molecular flexibility index (Phi) is 3.09. The van der Waals surface area contributed by atoms with Crippen molar-refractivity contribution in [2.24, 2.45) is 0 Å². The Labute approximate surface area is 117 Å². The summed E-state index contributed by atoms with van der Waals surface area (Å²) in [5, 5.41) is 2.02. The van der Waals surface area contributed by atoms with E-state index >= 15 is 0 Å². The average molecular weight is 323 g/mol. The highest BCUT2D eigenvalue weighted by Gasteiger charge is 2.05. The minimum atomic E-state index is 0.492. The van der Waals surface area contributed by atoms with Crippen LogP contribution in [0.25, 0.3) is 4.96 Å². The molecule has 1 aromatic carbocycles. The average Bonchev–Trinajstić information content (AvgIpc) is 2.90. The molecule has 3 nitrogen and oxygen atoms in total. The van der Waals surface area contributed by atoms with Gasteiger partial charge in [-0.15, -0.1) is 11.3 Å². The zero-order chi connectivity index (χ0) is 12.5. The molecule has 0 radical (unpaired) electrons. The van der Waals surface area contributed by atoms with E-state index in [0.717, 1.165) is 26.4 Å². The standard InChI is InChI=1S/C13H11BrN2OS/c1-9-2-3-10(14)6-12(9)17-8-11-7-16-4-5-18-13(16)15-11/h2-7H,8H2,1H3. The molecule has 0 saturated heterocycles. The van der Waals surface area contributed by atoms with Crippen molar-refractivity contribution < 1.29 is 4.74 Å². The number of imidazole rings is 1. The Balaban J connectivity index is 1.77. The second kappa shape index (κ2) is 4.74. The van der Waals surface area contributed by atoms with Crippen molar-refractivity contribution in [3.05, 3.63) is 51.7 Å². The van der Waals surface area contributed by atoms with Crippen LogP contribution < -0.4 is 4.74 Å². The summed E-state index contributed by atoms with van der Waals surface area (Å²) in [6.07, 6.45) is 4.00. The quantitative estimate of drug-likeness (QED) is 0.727. The number of ether oxygens (including phenoxy) is 1. The van der Waals surface area contributed by atoms with Crippen LogP contribution in [0.2, 0.25) is 0 Å². The highest BCUT2D eigenvalue weighted by Crippen LogP contribution is 2.24. The van der Waals surface area contributed by atoms with E-state index in [1.54, 1.807) is 11.3 Å². The van der Waals surface area contributed by atoms with Crippen LogP contribution >= 0.6 is 27.3 Å². The fourth-order valence-electron chi connectivity index (χ4n) is 1.73. The molecule has 0 aliphatic rings. The normalized spacial score (nSPS) is 11.0. The number of aryl methyl sites for hydroxylation is 1. The minimum Gasteiger partial charge on any atom is -0.487 e. The molecule has 18 heavy (non-hydrogen) atoms. The Morgan fingerprint density at radius 3 is 3.17 bits per heavy atom. The van der Waals surface area contributed by atoms with E-state index in [0.29, 0.717) is 6.61 Å². The highest BCUT2D eigenvalue weighted by atomic mass is 79.9. The van der Waals surface area contributed by atoms with Crippen LogP contribution in [0.3, 0.4) is 0 Å². The molecular weight excluding hydrogens is 312 g/mol. The fraction of sp³-hybridized carbons (Fsp3) is 0.154. The molecule has 2 aromatic heterocycles. The van der Waals surface area contributed by atoms with Gasteiger partial charge in [0.1, 0.15) is 12.4 Å². The zero-order valence-corrected chi connectivity index (χ0v) is 12.2. The number of halogens is 1. The third kappa shape index (κ3) is 2.28. The number of nitrogens with zero attached hydrogens (tertiary/aromatic N) is 2. The van der Waals surface area contributed by atoms with Gasteiger partial charge in [-0.25, -0.2) is 4.98 Å². The first-order valence-corrected chi connectivity index (χ1v) is 7.20. The molecule has 0 aliphatic carbocycles. The molecule has 0 aliphatic heterocycles. The number of thiazole rings is 1. The second-order valence-corrected chi connectivity index (χ2v) is 5.81. The van der Waals surface area contributed by atoms with Gasteiger partial charge in [-0.1, -0.05) is 22.0 Å². The summed E-state index contributed by atoms with van der Waals surface area (Å²) in [7, 11) is 0. The highest BCUT2D eigenvalue weighted by molar-refractivity contribution is 9.10. The molecule has 3 aromatic rings. The van der Waals surface area contributed by atoms with Crippen LogP contribution in [0.15, 0.2) is 40.4 Å². The second-order valence-electron chi connectivity index (χ2n) is 4.02. The van der Waals surface area contributed by atoms with Gasteiger partial charge >= 0.3 is 0 Å². The van der Waals surface area contributed by atoms with Gasteiger partial charge in [-0.2, -0.15) is 0 Å². The summed E-state index contributed by atoms with van der Waals surface area (Å²) >= 11 is 5.07. The molecule has 0 spiro atoms. The third-order valence-corrected chi connectivity index (χ3v) is 3.93. The monoisotopic (exact) mass is 322 g/mol. The number of hydrogen-bond acceptors (Lipinski definition) is 3. The van der Waals surface area contributed by atoms with Gasteiger partial charge in [0.2, 0.25) is 0 Å². The fourth-order valence-corrected chi connectivity index (χ4v) is 2.79. The Morgan fingerprint density at radius 2 is 2.33 bits per heavy atom. The van der Waals surface area contributed by atoms with Gasteiger partial charge in [0.05, 0.1) is 5.69 Å². The van der Waals surface area contributed by atoms with Crippen molar-refractivity contribution in [2.45, 2.75) is 13.5 Å². The molecule has 0 unspecified atom stereocenters. The molecule has 0 N–H and O–H groups in total. The predicted octanol–water partition coefficient (Wildman–Crippen LogP) is 4.05. The van der Waals surface area contributed by atoms with E-state index in [-0.39, 0.29) is 0 Å². The molecule has 0 fully saturated rings. The van der Waals surface area contributed by atoms with Crippen LogP contribution in [0, 0.1) is 6.92 Å². The van der Waals surface area contributed by atoms with Crippen molar-refractivity contribution in [3.8, 4) is 5.75 Å². The number of hydrogen-bond donors (Lipinski definition) is 0. The van der Waals surface area contributed by atoms with Crippen molar-refractivity contribution in [1.29, 1.82) is 0 Å². The summed E-state index contributed by atoms with van der Waals surface area (Å²) in [5.74, 6) is 0.890. The molecule has 0 atom stereocenters. The smallest absolute Gasteiger partial charge is 0.193 e. The van der Waals surface area contributed by atoms with Crippen molar-refractivity contribution in [3.63, 3.8) is 0 Å². The van der Waals surface area contributed by atoms with E-state index in [4.69, 9.17) is 4.74 Å². The molecular formula is C13H11BrN2OS. The van der Waals surface area contributed by atoms with Gasteiger partial charge in [-0.05, 0) is 24.6 Å². The van der Waals surface area contributed by atoms with E-state index in [9.17, 15) is 0 Å². The summed E-state index contributed by atoms with van der Waals surface area (Å²) < 4.78 is 8.83. The minimum absolute atomic E-state index is 0.492. The first-order chi connectivity index (χ1) is 8.72. The van der Waals surface area contributed by atoms with Gasteiger partial charge in [0.25, 0.3) is 0 Å². The number of fused-ring (bicyclic) bond motifs is 1. The molecule has 92 valence electrons. The first-order valence-electron chi connectivity index (χ1n) is 5.52. The van der Waals surface area contributed by atoms with Crippen LogP contribution in [-0.4, -0.2) is 9.38 Å². The molecule has 5 heteroatoms. The lowest BCUT2D eigenvalue weighted by atomic mass is 10.2. The molecule has 2 heterocycles. The number of rotatable bonds is 3. The Hall–Kier alpha value is -1.33. The summed E-state index contributed by atoms with van der Waals surface area (Å²) in [6.45, 7) is 2.53. The van der Waals surface area contributed by atoms with Crippen LogP contribution in [0.1, 0.15) is 11.3 Å². The van der Waals surface area contributed by atoms with Crippen LogP contribution in [0.5, 0.6) is 5.75 Å². The maximum atomic E-state index is 5.80. The Morgan fingerprint density at radius 1 is 1.44 bits per heavy atom. The summed E-state index contributed by atoms with van der Waals surface area (Å²) in [5.41, 5.74) is 2.07. The van der Waals surface area contributed by atoms with E-state index in [1.807, 2.05) is 47.3 Å². The first kappa shape index (κ1) is 11.7. The summed E-state index contributed by atoms with van der Waals surface area (Å²) in [4.78, 5) is 5.48. The number of aromatic nitrogens is 2. The van der Waals surface area contributed by atoms with Crippen molar-refractivity contribution in [1.82, 2.24) is 9.38 Å². The van der Waals surface area contributed by atoms with Crippen molar-refractivity contribution in [2.75, 3.05) is 0 Å². The largest absolute Gasteiger partial charge is 0.487 e. The maximum absolute atomic E-state index is 5.80. The lowest BCUT2D eigenvalue weighted by Gasteiger charge is -2.07. The van der Waals surface area contributed by atoms with E-state index in [2.05, 4.69) is 20.9 Å². The van der Waals surface area contributed by atoms with Crippen molar-refractivity contribution >= 4 is 32.2 Å². The van der Waals surface area contributed by atoms with E-state index in [1.165, 1.54) is 0 Å². The number of benzene rings is 1. The third-order valence-electron chi connectivity index (χ3n) is 2.67. The van der Waals surface area contributed by atoms with Crippen LogP contribution in [-0.2, 0) is 6.61 Å². The SMILES string of the molecule is Cc1ccc(Br)cc1OCc1cn2ccsc2n1. The zero-order valence-electron chi connectivity index (χ0n) is 9.76. The molecule has 0 bridgehead atoms. The molecule has 0 saturated carbocycles. The van der Waals surface area contributed by atoms with Gasteiger partial charge < -0.3 is 4.74 Å². The van der Waals surface area contributed by atoms with Crippen LogP contribution in [0.4, 0.5) is 0 Å². The van der Waals surface area contributed by atoms with Gasteiger partial charge in [0.15, 0.2) is 4.96 Å². The van der Waals surface area contributed by atoms with Gasteiger partial charge in [0, 0.05) is 22.2 Å². The predicted molar refractivity (Wildman–Crippen MR) is 76.3 cm³/mol. The Bertz CT molecular complexity index is 661. The van der Waals surface area contributed by atoms with Gasteiger partial charge in [-0.3, -0.25) is 4.40 Å². The van der Waals surface area contributed by atoms with E-state index < -0.39 is 0 Å². The molecule has 3 rings (SSSR count). The summed E-state index contributed by atoms with van der Waals surface area (Å²) in [6, 6.07) is 6.02. The lowest BCUT2D eigenvalue weighted by Crippen LogP contribution is -1.97. The lowest BCUT2D eigenvalue weighted by molar-refractivity contribution is 0.300. The topological polar surface area (TPSA) is 26.5 Å². The maximum Gasteiger partial charge on any atom is 0.193 e. The molecule has 0 amide bonds.